The highest BCUT2D eigenvalue weighted by Crippen LogP contribution is 2.27. The van der Waals surface area contributed by atoms with Gasteiger partial charge in [-0.25, -0.2) is 0 Å². The van der Waals surface area contributed by atoms with E-state index in [0.29, 0.717) is 0 Å². The summed E-state index contributed by atoms with van der Waals surface area (Å²) >= 11 is 1.68. The van der Waals surface area contributed by atoms with Gasteiger partial charge in [0.1, 0.15) is 0 Å². The molecule has 0 atom stereocenters. The van der Waals surface area contributed by atoms with Gasteiger partial charge in [-0.2, -0.15) is 0 Å². The Morgan fingerprint density at radius 1 is 0.741 bits per heavy atom. The van der Waals surface area contributed by atoms with E-state index in [4.69, 9.17) is 0 Å². The monoisotopic (exact) mass is 369 g/mol. The van der Waals surface area contributed by atoms with E-state index in [2.05, 4.69) is 63.3 Å². The van der Waals surface area contributed by atoms with Crippen LogP contribution < -0.4 is 0 Å². The number of aromatic nitrogens is 3. The molecule has 3 nitrogen and oxygen atoms in total. The third-order valence-corrected chi connectivity index (χ3v) is 4.98. The smallest absolute Gasteiger partial charge is 0.196 e. The number of nitrogens with zero attached hydrogens (tertiary/aromatic N) is 3. The molecule has 0 aliphatic heterocycles. The third-order valence-electron chi connectivity index (χ3n) is 4.10. The van der Waals surface area contributed by atoms with E-state index >= 15 is 0 Å². The van der Waals surface area contributed by atoms with Gasteiger partial charge >= 0.3 is 0 Å². The summed E-state index contributed by atoms with van der Waals surface area (Å²) in [6.07, 6.45) is 4.29. The predicted octanol–water partition coefficient (Wildman–Crippen LogP) is 5.74. The zero-order valence-electron chi connectivity index (χ0n) is 14.8. The van der Waals surface area contributed by atoms with Crippen molar-refractivity contribution < 1.29 is 0 Å². The summed E-state index contributed by atoms with van der Waals surface area (Å²) in [5, 5.41) is 9.81. The van der Waals surface area contributed by atoms with Gasteiger partial charge in [-0.3, -0.25) is 4.57 Å². The van der Waals surface area contributed by atoms with Crippen LogP contribution in [0.25, 0.3) is 23.2 Å². The van der Waals surface area contributed by atoms with E-state index in [1.54, 1.807) is 11.8 Å². The lowest BCUT2D eigenvalue weighted by Crippen LogP contribution is -1.99. The summed E-state index contributed by atoms with van der Waals surface area (Å²) < 4.78 is 2.12. The Bertz CT molecular complexity index is 1010. The van der Waals surface area contributed by atoms with Gasteiger partial charge in [0.15, 0.2) is 11.0 Å². The minimum atomic E-state index is 0.828. The fraction of sp³-hybridized carbons (Fsp3) is 0.0435. The van der Waals surface area contributed by atoms with Crippen molar-refractivity contribution >= 4 is 17.8 Å². The topological polar surface area (TPSA) is 30.7 Å². The van der Waals surface area contributed by atoms with Gasteiger partial charge in [-0.1, -0.05) is 103 Å². The van der Waals surface area contributed by atoms with E-state index in [-0.39, 0.29) is 0 Å². The van der Waals surface area contributed by atoms with E-state index in [0.717, 1.165) is 28.0 Å². The molecule has 4 aromatic rings. The Labute approximate surface area is 163 Å². The van der Waals surface area contributed by atoms with Crippen LogP contribution in [0.3, 0.4) is 0 Å². The first-order valence-corrected chi connectivity index (χ1v) is 9.81. The Balaban J connectivity index is 1.61. The fourth-order valence-electron chi connectivity index (χ4n) is 2.82. The molecular formula is C23H19N3S. The van der Waals surface area contributed by atoms with Crippen LogP contribution in [0, 0.1) is 0 Å². The molecule has 0 saturated carbocycles. The quantitative estimate of drug-likeness (QED) is 0.406. The van der Waals surface area contributed by atoms with Crippen molar-refractivity contribution in [2.45, 2.75) is 5.16 Å². The van der Waals surface area contributed by atoms with Crippen molar-refractivity contribution in [3.63, 3.8) is 0 Å². The molecule has 0 N–H and O–H groups in total. The zero-order chi connectivity index (χ0) is 18.3. The lowest BCUT2D eigenvalue weighted by atomic mass is 10.2. The van der Waals surface area contributed by atoms with Crippen LogP contribution in [-0.2, 0) is 0 Å². The lowest BCUT2D eigenvalue weighted by molar-refractivity contribution is 0.888. The molecule has 4 heteroatoms. The second kappa shape index (κ2) is 8.52. The van der Waals surface area contributed by atoms with Crippen LogP contribution in [0.15, 0.2) is 102 Å². The standard InChI is InChI=1S/C23H19N3S/c1-4-11-19(12-5-1)13-10-18-27-23-25-24-22(20-14-6-2-7-15-20)26(23)21-16-8-3-9-17-21/h1-17H,18H2. The highest BCUT2D eigenvalue weighted by Gasteiger charge is 2.15. The second-order valence-electron chi connectivity index (χ2n) is 5.97. The van der Waals surface area contributed by atoms with Crippen LogP contribution in [0.2, 0.25) is 0 Å². The number of benzene rings is 3. The molecule has 0 fully saturated rings. The SMILES string of the molecule is C(=Cc1ccccc1)CSc1nnc(-c2ccccc2)n1-c1ccccc1. The van der Waals surface area contributed by atoms with Crippen molar-refractivity contribution in [1.82, 2.24) is 14.8 Å². The molecule has 0 aliphatic carbocycles. The van der Waals surface area contributed by atoms with E-state index in [1.165, 1.54) is 5.56 Å². The van der Waals surface area contributed by atoms with Crippen LogP contribution in [-0.4, -0.2) is 20.5 Å². The highest BCUT2D eigenvalue weighted by atomic mass is 32.2. The summed E-state index contributed by atoms with van der Waals surface area (Å²) in [6, 6.07) is 30.8. The normalized spacial score (nSPS) is 11.1. The molecule has 0 spiro atoms. The van der Waals surface area contributed by atoms with Gasteiger partial charge in [-0.15, -0.1) is 10.2 Å². The van der Waals surface area contributed by atoms with Gasteiger partial charge < -0.3 is 0 Å². The van der Waals surface area contributed by atoms with Gasteiger partial charge in [0.2, 0.25) is 0 Å². The molecule has 0 radical (unpaired) electrons. The average molecular weight is 369 g/mol. The van der Waals surface area contributed by atoms with E-state index in [1.807, 2.05) is 54.6 Å². The van der Waals surface area contributed by atoms with Crippen molar-refractivity contribution in [2.24, 2.45) is 0 Å². The Hall–Kier alpha value is -3.11. The largest absolute Gasteiger partial charge is 0.270 e. The Morgan fingerprint density at radius 2 is 1.37 bits per heavy atom. The first-order valence-electron chi connectivity index (χ1n) is 8.82. The van der Waals surface area contributed by atoms with Gasteiger partial charge in [-0.05, 0) is 17.7 Å². The third kappa shape index (κ3) is 4.18. The number of thioether (sulfide) groups is 1. The maximum Gasteiger partial charge on any atom is 0.196 e. The fourth-order valence-corrected chi connectivity index (χ4v) is 3.58. The number of para-hydroxylation sites is 1. The van der Waals surface area contributed by atoms with Gasteiger partial charge in [0.25, 0.3) is 0 Å². The van der Waals surface area contributed by atoms with Gasteiger partial charge in [0.05, 0.1) is 0 Å². The molecule has 0 aliphatic rings. The first-order chi connectivity index (χ1) is 13.4. The molecule has 0 saturated heterocycles. The predicted molar refractivity (Wildman–Crippen MR) is 113 cm³/mol. The van der Waals surface area contributed by atoms with Crippen LogP contribution in [0.1, 0.15) is 5.56 Å². The second-order valence-corrected chi connectivity index (χ2v) is 6.95. The van der Waals surface area contributed by atoms with Crippen molar-refractivity contribution in [1.29, 1.82) is 0 Å². The minimum Gasteiger partial charge on any atom is -0.270 e. The molecule has 4 rings (SSSR count). The molecule has 0 bridgehead atoms. The maximum atomic E-state index is 4.47. The Kier molecular flexibility index (Phi) is 5.46. The summed E-state index contributed by atoms with van der Waals surface area (Å²) in [6.45, 7) is 0. The number of rotatable bonds is 6. The molecule has 27 heavy (non-hydrogen) atoms. The first kappa shape index (κ1) is 17.3. The van der Waals surface area contributed by atoms with E-state index < -0.39 is 0 Å². The maximum absolute atomic E-state index is 4.47. The molecule has 132 valence electrons. The minimum absolute atomic E-state index is 0.828. The summed E-state index contributed by atoms with van der Waals surface area (Å²) in [4.78, 5) is 0. The summed E-state index contributed by atoms with van der Waals surface area (Å²) in [5.74, 6) is 1.69. The summed E-state index contributed by atoms with van der Waals surface area (Å²) in [5.41, 5.74) is 3.32. The Morgan fingerprint density at radius 3 is 2.07 bits per heavy atom. The number of hydrogen-bond donors (Lipinski definition) is 0. The van der Waals surface area contributed by atoms with Crippen LogP contribution >= 0.6 is 11.8 Å². The molecule has 1 heterocycles. The van der Waals surface area contributed by atoms with Crippen LogP contribution in [0.5, 0.6) is 0 Å². The van der Waals surface area contributed by atoms with Crippen molar-refractivity contribution in [3.8, 4) is 17.1 Å². The van der Waals surface area contributed by atoms with Crippen molar-refractivity contribution in [3.05, 3.63) is 103 Å². The summed E-state index contributed by atoms with van der Waals surface area (Å²) in [7, 11) is 0. The molecule has 0 amide bonds. The van der Waals surface area contributed by atoms with Crippen molar-refractivity contribution in [2.75, 3.05) is 5.75 Å². The number of hydrogen-bond acceptors (Lipinski definition) is 3. The highest BCUT2D eigenvalue weighted by molar-refractivity contribution is 7.99. The molecule has 3 aromatic carbocycles. The zero-order valence-corrected chi connectivity index (χ0v) is 15.6. The van der Waals surface area contributed by atoms with Gasteiger partial charge in [0, 0.05) is 17.0 Å². The van der Waals surface area contributed by atoms with E-state index in [9.17, 15) is 0 Å². The molecular weight excluding hydrogens is 350 g/mol. The molecule has 1 aromatic heterocycles. The van der Waals surface area contributed by atoms with Crippen LogP contribution in [0.4, 0.5) is 0 Å². The average Bonchev–Trinajstić information content (AvgIpc) is 3.17. The lowest BCUT2D eigenvalue weighted by Gasteiger charge is -2.09. The molecule has 0 unspecified atom stereocenters.